The molecule has 3 rings (SSSR count). The number of aryl methyl sites for hydroxylation is 2. The zero-order valence-corrected chi connectivity index (χ0v) is 13.9. The van der Waals surface area contributed by atoms with Crippen molar-refractivity contribution in [2.24, 2.45) is 0 Å². The summed E-state index contributed by atoms with van der Waals surface area (Å²) in [6.07, 6.45) is 4.71. The summed E-state index contributed by atoms with van der Waals surface area (Å²) in [5.74, 6) is 0.851. The number of aromatic nitrogens is 2. The molecule has 2 aromatic rings. The van der Waals surface area contributed by atoms with Gasteiger partial charge >= 0.3 is 0 Å². The molecule has 1 saturated heterocycles. The van der Waals surface area contributed by atoms with Crippen LogP contribution in [0.2, 0.25) is 0 Å². The highest BCUT2D eigenvalue weighted by Crippen LogP contribution is 2.25. The molecule has 0 radical (unpaired) electrons. The van der Waals surface area contributed by atoms with Crippen molar-refractivity contribution in [2.75, 3.05) is 19.7 Å². The van der Waals surface area contributed by atoms with Crippen LogP contribution in [0.1, 0.15) is 24.5 Å². The Bertz CT molecular complexity index is 655. The Hall–Kier alpha value is -1.85. The van der Waals surface area contributed by atoms with Crippen LogP contribution in [-0.4, -0.2) is 45.1 Å². The third-order valence-corrected chi connectivity index (χ3v) is 4.42. The van der Waals surface area contributed by atoms with Gasteiger partial charge in [-0.2, -0.15) is 5.10 Å². The highest BCUT2D eigenvalue weighted by molar-refractivity contribution is 5.31. The van der Waals surface area contributed by atoms with Gasteiger partial charge in [-0.05, 0) is 31.9 Å². The van der Waals surface area contributed by atoms with E-state index in [-0.39, 0.29) is 0 Å². The zero-order valence-electron chi connectivity index (χ0n) is 13.9. The Balaban J connectivity index is 1.54. The highest BCUT2D eigenvalue weighted by atomic mass is 16.5. The lowest BCUT2D eigenvalue weighted by molar-refractivity contribution is 0.00320. The summed E-state index contributed by atoms with van der Waals surface area (Å²) in [4.78, 5) is 2.26. The van der Waals surface area contributed by atoms with E-state index in [9.17, 15) is 5.11 Å². The van der Waals surface area contributed by atoms with E-state index < -0.39 is 5.60 Å². The molecule has 1 N–H and O–H groups in total. The van der Waals surface area contributed by atoms with Crippen LogP contribution in [0.25, 0.3) is 0 Å². The maximum Gasteiger partial charge on any atom is 0.122 e. The van der Waals surface area contributed by atoms with E-state index in [1.807, 2.05) is 42.1 Å². The van der Waals surface area contributed by atoms with Crippen molar-refractivity contribution < 1.29 is 9.84 Å². The van der Waals surface area contributed by atoms with Gasteiger partial charge in [-0.3, -0.25) is 9.58 Å². The predicted molar refractivity (Wildman–Crippen MR) is 89.4 cm³/mol. The summed E-state index contributed by atoms with van der Waals surface area (Å²) in [7, 11) is 0. The van der Waals surface area contributed by atoms with Gasteiger partial charge in [0.05, 0.1) is 6.20 Å². The number of benzene rings is 1. The molecule has 124 valence electrons. The smallest absolute Gasteiger partial charge is 0.122 e. The molecule has 1 aromatic carbocycles. The Kier molecular flexibility index (Phi) is 4.68. The molecule has 1 atom stereocenters. The molecule has 1 aromatic heterocycles. The predicted octanol–water partition coefficient (Wildman–Crippen LogP) is 2.23. The topological polar surface area (TPSA) is 50.5 Å². The maximum absolute atomic E-state index is 10.8. The average molecular weight is 315 g/mol. The van der Waals surface area contributed by atoms with Gasteiger partial charge in [-0.1, -0.05) is 18.2 Å². The fourth-order valence-electron chi connectivity index (χ4n) is 3.04. The molecule has 0 amide bonds. The minimum absolute atomic E-state index is 0.336. The summed E-state index contributed by atoms with van der Waals surface area (Å²) in [5.41, 5.74) is 1.51. The third-order valence-electron chi connectivity index (χ3n) is 4.42. The second-order valence-electron chi connectivity index (χ2n) is 6.44. The van der Waals surface area contributed by atoms with Gasteiger partial charge in [0.15, 0.2) is 0 Å². The number of aliphatic hydroxyl groups is 1. The molecule has 0 aliphatic carbocycles. The number of hydrogen-bond donors (Lipinski definition) is 1. The van der Waals surface area contributed by atoms with E-state index >= 15 is 0 Å². The molecule has 5 heteroatoms. The summed E-state index contributed by atoms with van der Waals surface area (Å²) in [6.45, 7) is 7.66. The quantitative estimate of drug-likeness (QED) is 0.888. The second kappa shape index (κ2) is 6.72. The van der Waals surface area contributed by atoms with Crippen molar-refractivity contribution in [3.63, 3.8) is 0 Å². The summed E-state index contributed by atoms with van der Waals surface area (Å²) in [6, 6.07) is 7.92. The fourth-order valence-corrected chi connectivity index (χ4v) is 3.04. The molecular formula is C18H25N3O2. The number of rotatable bonds is 6. The SMILES string of the molecule is CCn1cc(CN2CC[C@@](O)(COc3ccccc3C)C2)cn1. The first-order chi connectivity index (χ1) is 11.1. The van der Waals surface area contributed by atoms with Gasteiger partial charge in [0.1, 0.15) is 18.0 Å². The van der Waals surface area contributed by atoms with E-state index in [0.717, 1.165) is 37.4 Å². The first kappa shape index (κ1) is 16.0. The van der Waals surface area contributed by atoms with E-state index in [1.165, 1.54) is 5.56 Å². The molecule has 2 heterocycles. The summed E-state index contributed by atoms with van der Waals surface area (Å²) < 4.78 is 7.78. The van der Waals surface area contributed by atoms with Crippen molar-refractivity contribution in [3.05, 3.63) is 47.8 Å². The van der Waals surface area contributed by atoms with Crippen LogP contribution in [0.4, 0.5) is 0 Å². The number of β-amino-alcohol motifs (C(OH)–C–C–N with tert-alkyl or cyclic N) is 1. The molecular weight excluding hydrogens is 290 g/mol. The molecule has 1 fully saturated rings. The van der Waals surface area contributed by atoms with Crippen LogP contribution in [-0.2, 0) is 13.1 Å². The van der Waals surface area contributed by atoms with Crippen LogP contribution >= 0.6 is 0 Å². The van der Waals surface area contributed by atoms with E-state index in [2.05, 4.69) is 23.1 Å². The largest absolute Gasteiger partial charge is 0.490 e. The van der Waals surface area contributed by atoms with Crippen LogP contribution in [0.15, 0.2) is 36.7 Å². The van der Waals surface area contributed by atoms with Gasteiger partial charge in [-0.25, -0.2) is 0 Å². The first-order valence-corrected chi connectivity index (χ1v) is 8.22. The molecule has 0 spiro atoms. The first-order valence-electron chi connectivity index (χ1n) is 8.22. The van der Waals surface area contributed by atoms with Crippen LogP contribution < -0.4 is 4.74 Å². The standard InChI is InChI=1S/C18H25N3O2/c1-3-21-12-16(10-19-21)11-20-9-8-18(22,13-20)14-23-17-7-5-4-6-15(17)2/h4-7,10,12,22H,3,8-9,11,13-14H2,1-2H3/t18-/m0/s1. The highest BCUT2D eigenvalue weighted by Gasteiger charge is 2.37. The van der Waals surface area contributed by atoms with Crippen molar-refractivity contribution in [1.29, 1.82) is 0 Å². The molecule has 1 aliphatic rings. The summed E-state index contributed by atoms with van der Waals surface area (Å²) >= 11 is 0. The van der Waals surface area contributed by atoms with Crippen molar-refractivity contribution in [3.8, 4) is 5.75 Å². The Labute approximate surface area is 137 Å². The van der Waals surface area contributed by atoms with Crippen LogP contribution in [0.5, 0.6) is 5.75 Å². The molecule has 1 aliphatic heterocycles. The minimum Gasteiger partial charge on any atom is -0.490 e. The van der Waals surface area contributed by atoms with E-state index in [4.69, 9.17) is 4.74 Å². The third kappa shape index (κ3) is 3.92. The van der Waals surface area contributed by atoms with Crippen LogP contribution in [0.3, 0.4) is 0 Å². The minimum atomic E-state index is -0.775. The number of para-hydroxylation sites is 1. The van der Waals surface area contributed by atoms with Gasteiger partial charge in [0, 0.05) is 37.9 Å². The molecule has 0 unspecified atom stereocenters. The molecule has 5 nitrogen and oxygen atoms in total. The summed E-state index contributed by atoms with van der Waals surface area (Å²) in [5, 5.41) is 15.1. The zero-order chi connectivity index (χ0) is 16.3. The monoisotopic (exact) mass is 315 g/mol. The normalized spacial score (nSPS) is 21.7. The molecule has 0 saturated carbocycles. The van der Waals surface area contributed by atoms with E-state index in [0.29, 0.717) is 13.2 Å². The fraction of sp³-hybridized carbons (Fsp3) is 0.500. The average Bonchev–Trinajstić information content (AvgIpc) is 3.14. The van der Waals surface area contributed by atoms with Crippen molar-refractivity contribution >= 4 is 0 Å². The van der Waals surface area contributed by atoms with Crippen molar-refractivity contribution in [2.45, 2.75) is 39.0 Å². The molecule has 0 bridgehead atoms. The number of likely N-dealkylation sites (tertiary alicyclic amines) is 1. The number of nitrogens with zero attached hydrogens (tertiary/aromatic N) is 3. The molecule has 23 heavy (non-hydrogen) atoms. The maximum atomic E-state index is 10.8. The Morgan fingerprint density at radius 3 is 2.91 bits per heavy atom. The van der Waals surface area contributed by atoms with Gasteiger partial charge in [0.2, 0.25) is 0 Å². The lowest BCUT2D eigenvalue weighted by atomic mass is 10.1. The lowest BCUT2D eigenvalue weighted by Gasteiger charge is -2.24. The Morgan fingerprint density at radius 2 is 2.17 bits per heavy atom. The van der Waals surface area contributed by atoms with Crippen molar-refractivity contribution in [1.82, 2.24) is 14.7 Å². The van der Waals surface area contributed by atoms with Gasteiger partial charge in [-0.15, -0.1) is 0 Å². The van der Waals surface area contributed by atoms with Crippen LogP contribution in [0, 0.1) is 6.92 Å². The lowest BCUT2D eigenvalue weighted by Crippen LogP contribution is -2.39. The number of hydrogen-bond acceptors (Lipinski definition) is 4. The van der Waals surface area contributed by atoms with Gasteiger partial charge < -0.3 is 9.84 Å². The number of ether oxygens (including phenoxy) is 1. The Morgan fingerprint density at radius 1 is 1.35 bits per heavy atom. The second-order valence-corrected chi connectivity index (χ2v) is 6.44. The van der Waals surface area contributed by atoms with E-state index in [1.54, 1.807) is 0 Å². The van der Waals surface area contributed by atoms with Gasteiger partial charge in [0.25, 0.3) is 0 Å².